The second kappa shape index (κ2) is 5.77. The van der Waals surface area contributed by atoms with Crippen molar-refractivity contribution < 1.29 is 0 Å². The molecule has 100 valence electrons. The number of rotatable bonds is 2. The summed E-state index contributed by atoms with van der Waals surface area (Å²) in [6.07, 6.45) is 9.63. The van der Waals surface area contributed by atoms with E-state index < -0.39 is 0 Å². The minimum absolute atomic E-state index is 0.464. The third-order valence-electron chi connectivity index (χ3n) is 4.52. The zero-order valence-corrected chi connectivity index (χ0v) is 11.5. The minimum Gasteiger partial charge on any atom is -0.297 e. The van der Waals surface area contributed by atoms with E-state index in [4.69, 9.17) is 6.42 Å². The van der Waals surface area contributed by atoms with Crippen LogP contribution >= 0.6 is 0 Å². The fraction of sp³-hybridized carbons (Fsp3) is 0.529. The first kappa shape index (κ1) is 12.7. The van der Waals surface area contributed by atoms with Crippen molar-refractivity contribution in [2.75, 3.05) is 26.2 Å². The van der Waals surface area contributed by atoms with Crippen molar-refractivity contribution >= 4 is 0 Å². The van der Waals surface area contributed by atoms with Crippen LogP contribution in [-0.4, -0.2) is 42.0 Å². The zero-order valence-electron chi connectivity index (χ0n) is 11.5. The standard InChI is InChI=1S/C17H22N2/c1-2-11-19-13-16-10-6-7-12-18(16)14-17(19)15-8-4-3-5-9-15/h1,3-5,8-9,16-17H,6-7,10-14H2. The second-order valence-electron chi connectivity index (χ2n) is 5.70. The van der Waals surface area contributed by atoms with Gasteiger partial charge in [0.1, 0.15) is 0 Å². The predicted molar refractivity (Wildman–Crippen MR) is 78.8 cm³/mol. The maximum atomic E-state index is 5.56. The highest BCUT2D eigenvalue weighted by atomic mass is 15.3. The van der Waals surface area contributed by atoms with Crippen molar-refractivity contribution in [2.24, 2.45) is 0 Å². The Hall–Kier alpha value is -1.30. The van der Waals surface area contributed by atoms with Crippen LogP contribution in [0.1, 0.15) is 30.9 Å². The fourth-order valence-electron chi connectivity index (χ4n) is 3.53. The Labute approximate surface area is 116 Å². The molecule has 2 heteroatoms. The van der Waals surface area contributed by atoms with Crippen molar-refractivity contribution in [1.82, 2.24) is 9.80 Å². The molecule has 0 bridgehead atoms. The average Bonchev–Trinajstić information content (AvgIpc) is 2.48. The van der Waals surface area contributed by atoms with E-state index in [-0.39, 0.29) is 0 Å². The molecule has 3 rings (SSSR count). The van der Waals surface area contributed by atoms with Crippen molar-refractivity contribution in [3.63, 3.8) is 0 Å². The monoisotopic (exact) mass is 254 g/mol. The molecular weight excluding hydrogens is 232 g/mol. The van der Waals surface area contributed by atoms with Gasteiger partial charge in [0, 0.05) is 25.2 Å². The molecule has 2 saturated heterocycles. The van der Waals surface area contributed by atoms with Crippen molar-refractivity contribution in [1.29, 1.82) is 0 Å². The number of nitrogens with zero attached hydrogens (tertiary/aromatic N) is 2. The molecule has 2 nitrogen and oxygen atoms in total. The van der Waals surface area contributed by atoms with Crippen molar-refractivity contribution in [3.05, 3.63) is 35.9 Å². The first-order valence-corrected chi connectivity index (χ1v) is 7.35. The summed E-state index contributed by atoms with van der Waals surface area (Å²) in [4.78, 5) is 5.16. The van der Waals surface area contributed by atoms with Gasteiger partial charge < -0.3 is 0 Å². The number of hydrogen-bond acceptors (Lipinski definition) is 2. The maximum absolute atomic E-state index is 5.56. The number of fused-ring (bicyclic) bond motifs is 1. The number of terminal acetylenes is 1. The number of hydrogen-bond donors (Lipinski definition) is 0. The van der Waals surface area contributed by atoms with Gasteiger partial charge in [-0.2, -0.15) is 0 Å². The van der Waals surface area contributed by atoms with Crippen LogP contribution < -0.4 is 0 Å². The summed E-state index contributed by atoms with van der Waals surface area (Å²) >= 11 is 0. The highest BCUT2D eigenvalue weighted by Gasteiger charge is 2.35. The molecule has 0 aliphatic carbocycles. The summed E-state index contributed by atoms with van der Waals surface area (Å²) in [5.74, 6) is 2.84. The predicted octanol–water partition coefficient (Wildman–Crippen LogP) is 2.53. The van der Waals surface area contributed by atoms with E-state index in [9.17, 15) is 0 Å². The molecule has 2 aliphatic rings. The summed E-state index contributed by atoms with van der Waals surface area (Å²) in [6, 6.07) is 12.0. The topological polar surface area (TPSA) is 6.48 Å². The van der Waals surface area contributed by atoms with Crippen LogP contribution in [0.5, 0.6) is 0 Å². The normalized spacial score (nSPS) is 28.6. The first-order valence-electron chi connectivity index (χ1n) is 7.35. The van der Waals surface area contributed by atoms with Crippen molar-refractivity contribution in [3.8, 4) is 12.3 Å². The van der Waals surface area contributed by atoms with Crippen LogP contribution in [-0.2, 0) is 0 Å². The Bertz CT molecular complexity index is 448. The smallest absolute Gasteiger partial charge is 0.0605 e. The molecule has 2 unspecified atom stereocenters. The molecule has 19 heavy (non-hydrogen) atoms. The van der Waals surface area contributed by atoms with Crippen LogP contribution in [0.3, 0.4) is 0 Å². The van der Waals surface area contributed by atoms with E-state index in [1.54, 1.807) is 0 Å². The summed E-state index contributed by atoms with van der Waals surface area (Å²) in [7, 11) is 0. The molecule has 0 saturated carbocycles. The molecule has 0 N–H and O–H groups in total. The van der Waals surface area contributed by atoms with E-state index in [1.165, 1.54) is 31.4 Å². The van der Waals surface area contributed by atoms with Gasteiger partial charge in [0.2, 0.25) is 0 Å². The van der Waals surface area contributed by atoms with Gasteiger partial charge >= 0.3 is 0 Å². The Morgan fingerprint density at radius 2 is 2.00 bits per heavy atom. The molecule has 2 aliphatic heterocycles. The summed E-state index contributed by atoms with van der Waals surface area (Å²) < 4.78 is 0. The van der Waals surface area contributed by atoms with Gasteiger partial charge in [-0.05, 0) is 24.9 Å². The maximum Gasteiger partial charge on any atom is 0.0605 e. The Kier molecular flexibility index (Phi) is 3.87. The molecule has 0 spiro atoms. The quantitative estimate of drug-likeness (QED) is 0.748. The lowest BCUT2D eigenvalue weighted by Gasteiger charge is -2.48. The third kappa shape index (κ3) is 2.68. The lowest BCUT2D eigenvalue weighted by molar-refractivity contribution is 0.0153. The first-order chi connectivity index (χ1) is 9.38. The molecule has 2 atom stereocenters. The van der Waals surface area contributed by atoms with Crippen LogP contribution in [0.4, 0.5) is 0 Å². The molecule has 2 heterocycles. The number of piperidine rings is 1. The van der Waals surface area contributed by atoms with Gasteiger partial charge in [-0.1, -0.05) is 42.7 Å². The van der Waals surface area contributed by atoms with E-state index in [0.717, 1.165) is 25.7 Å². The van der Waals surface area contributed by atoms with Crippen LogP contribution in [0, 0.1) is 12.3 Å². The molecule has 0 amide bonds. The molecular formula is C17H22N2. The van der Waals surface area contributed by atoms with Gasteiger partial charge in [-0.25, -0.2) is 0 Å². The van der Waals surface area contributed by atoms with Crippen LogP contribution in [0.2, 0.25) is 0 Å². The third-order valence-corrected chi connectivity index (χ3v) is 4.52. The van der Waals surface area contributed by atoms with E-state index in [0.29, 0.717) is 6.04 Å². The highest BCUT2D eigenvalue weighted by Crippen LogP contribution is 2.31. The van der Waals surface area contributed by atoms with Crippen LogP contribution in [0.25, 0.3) is 0 Å². The van der Waals surface area contributed by atoms with Gasteiger partial charge in [-0.15, -0.1) is 6.42 Å². The van der Waals surface area contributed by atoms with Gasteiger partial charge in [-0.3, -0.25) is 9.80 Å². The Morgan fingerprint density at radius 3 is 2.79 bits per heavy atom. The SMILES string of the molecule is C#CCN1CC2CCCCN2CC1c1ccccc1. The number of benzene rings is 1. The highest BCUT2D eigenvalue weighted by molar-refractivity contribution is 5.21. The largest absolute Gasteiger partial charge is 0.297 e. The molecule has 2 fully saturated rings. The Morgan fingerprint density at radius 1 is 1.16 bits per heavy atom. The van der Waals surface area contributed by atoms with Gasteiger partial charge in [0.15, 0.2) is 0 Å². The summed E-state index contributed by atoms with van der Waals surface area (Å²) in [5, 5.41) is 0. The van der Waals surface area contributed by atoms with E-state index in [2.05, 4.69) is 46.1 Å². The number of piperazine rings is 1. The van der Waals surface area contributed by atoms with Crippen LogP contribution in [0.15, 0.2) is 30.3 Å². The molecule has 0 aromatic heterocycles. The zero-order chi connectivity index (χ0) is 13.1. The molecule has 1 aromatic carbocycles. The Balaban J connectivity index is 1.82. The molecule has 1 aromatic rings. The van der Waals surface area contributed by atoms with E-state index in [1.807, 2.05) is 0 Å². The molecule has 0 radical (unpaired) electrons. The van der Waals surface area contributed by atoms with E-state index >= 15 is 0 Å². The van der Waals surface area contributed by atoms with Gasteiger partial charge in [0.25, 0.3) is 0 Å². The average molecular weight is 254 g/mol. The summed E-state index contributed by atoms with van der Waals surface area (Å²) in [6.45, 7) is 4.29. The van der Waals surface area contributed by atoms with Gasteiger partial charge in [0.05, 0.1) is 6.54 Å². The lowest BCUT2D eigenvalue weighted by atomic mass is 9.93. The minimum atomic E-state index is 0.464. The fourth-order valence-corrected chi connectivity index (χ4v) is 3.53. The summed E-state index contributed by atoms with van der Waals surface area (Å²) in [5.41, 5.74) is 1.40. The lowest BCUT2D eigenvalue weighted by Crippen LogP contribution is -2.56. The van der Waals surface area contributed by atoms with Crippen molar-refractivity contribution in [2.45, 2.75) is 31.3 Å². The second-order valence-corrected chi connectivity index (χ2v) is 5.70.